The molecular formula is C15H19IO2. The summed E-state index contributed by atoms with van der Waals surface area (Å²) in [5, 5.41) is 0. The number of rotatable bonds is 3. The van der Waals surface area contributed by atoms with E-state index in [4.69, 9.17) is 4.74 Å². The molecule has 18 heavy (non-hydrogen) atoms. The maximum absolute atomic E-state index is 11.7. The summed E-state index contributed by atoms with van der Waals surface area (Å²) in [6.07, 6.45) is -0.265. The van der Waals surface area contributed by atoms with Gasteiger partial charge < -0.3 is 4.74 Å². The van der Waals surface area contributed by atoms with Crippen LogP contribution < -0.4 is 0 Å². The largest absolute Gasteiger partial charge is 0.454 e. The third kappa shape index (κ3) is 4.12. The summed E-state index contributed by atoms with van der Waals surface area (Å²) in [5.41, 5.74) is 1.28. The summed E-state index contributed by atoms with van der Waals surface area (Å²) in [5.74, 6) is -0.339. The van der Waals surface area contributed by atoms with Gasteiger partial charge in [0.2, 0.25) is 0 Å². The molecule has 2 nitrogen and oxygen atoms in total. The molecule has 0 saturated carbocycles. The first kappa shape index (κ1) is 15.2. The normalized spacial score (nSPS) is 12.9. The molecule has 0 saturated heterocycles. The number of hydrogen-bond acceptors (Lipinski definition) is 2. The quantitative estimate of drug-likeness (QED) is 0.452. The molecule has 1 rings (SSSR count). The molecule has 0 aromatic heterocycles. The fourth-order valence-electron chi connectivity index (χ4n) is 1.59. The van der Waals surface area contributed by atoms with E-state index in [9.17, 15) is 4.79 Å². The second-order valence-corrected chi connectivity index (χ2v) is 6.73. The van der Waals surface area contributed by atoms with E-state index in [2.05, 4.69) is 49.9 Å². The fraction of sp³-hybridized carbons (Fsp3) is 0.400. The van der Waals surface area contributed by atoms with Crippen LogP contribution in [0, 0.1) is 8.99 Å². The van der Waals surface area contributed by atoms with Crippen molar-refractivity contribution < 1.29 is 9.53 Å². The van der Waals surface area contributed by atoms with E-state index < -0.39 is 0 Å². The summed E-state index contributed by atoms with van der Waals surface area (Å²) in [7, 11) is 0. The van der Waals surface area contributed by atoms with Crippen molar-refractivity contribution in [3.63, 3.8) is 0 Å². The highest BCUT2D eigenvalue weighted by molar-refractivity contribution is 14.1. The lowest BCUT2D eigenvalue weighted by Gasteiger charge is -2.30. The number of esters is 1. The zero-order chi connectivity index (χ0) is 13.9. The first-order chi connectivity index (χ1) is 8.21. The van der Waals surface area contributed by atoms with Gasteiger partial charge in [0.05, 0.1) is 0 Å². The van der Waals surface area contributed by atoms with Crippen LogP contribution in [0.1, 0.15) is 39.4 Å². The third-order valence-corrected chi connectivity index (χ3v) is 3.25. The Balaban J connectivity index is 3.03. The van der Waals surface area contributed by atoms with E-state index >= 15 is 0 Å². The maximum Gasteiger partial charge on any atom is 0.333 e. The van der Waals surface area contributed by atoms with Gasteiger partial charge in [-0.1, -0.05) is 39.5 Å². The number of hydrogen-bond donors (Lipinski definition) is 0. The Morgan fingerprint density at radius 2 is 1.78 bits per heavy atom. The number of ether oxygens (including phenoxy) is 1. The molecule has 0 amide bonds. The van der Waals surface area contributed by atoms with Crippen LogP contribution in [-0.4, -0.2) is 5.97 Å². The van der Waals surface area contributed by atoms with E-state index in [1.54, 1.807) is 6.92 Å². The Bertz CT molecular complexity index is 441. The molecule has 0 aliphatic rings. The molecule has 0 spiro atoms. The van der Waals surface area contributed by atoms with Gasteiger partial charge in [0.15, 0.2) is 0 Å². The topological polar surface area (TPSA) is 26.3 Å². The number of carbonyl (C=O) groups excluding carboxylic acids is 1. The molecule has 0 radical (unpaired) electrons. The van der Waals surface area contributed by atoms with Crippen LogP contribution in [0.5, 0.6) is 0 Å². The Kier molecular flexibility index (Phi) is 4.96. The molecule has 1 atom stereocenters. The molecule has 1 unspecified atom stereocenters. The van der Waals surface area contributed by atoms with Crippen LogP contribution in [0.25, 0.3) is 0 Å². The lowest BCUT2D eigenvalue weighted by atomic mass is 9.84. The minimum Gasteiger partial charge on any atom is -0.454 e. The van der Waals surface area contributed by atoms with Gasteiger partial charge in [0.25, 0.3) is 0 Å². The smallest absolute Gasteiger partial charge is 0.333 e. The predicted octanol–water partition coefficient (Wildman–Crippen LogP) is 4.50. The Hall–Kier alpha value is -0.840. The van der Waals surface area contributed by atoms with Crippen molar-refractivity contribution in [2.24, 2.45) is 5.41 Å². The minimum absolute atomic E-state index is 0.155. The minimum atomic E-state index is -0.339. The van der Waals surface area contributed by atoms with Crippen molar-refractivity contribution >= 4 is 28.6 Å². The van der Waals surface area contributed by atoms with E-state index in [-0.39, 0.29) is 17.5 Å². The SMILES string of the molecule is C=C(C)C(=O)OC(c1ccc(I)cc1)C(C)(C)C. The lowest BCUT2D eigenvalue weighted by molar-refractivity contribution is -0.150. The van der Waals surface area contributed by atoms with Crippen molar-refractivity contribution in [1.29, 1.82) is 0 Å². The average molecular weight is 358 g/mol. The standard InChI is InChI=1S/C15H19IO2/c1-10(2)14(17)18-13(15(3,4)5)11-6-8-12(16)9-7-11/h6-9,13H,1H2,2-5H3. The molecule has 3 heteroatoms. The summed E-state index contributed by atoms with van der Waals surface area (Å²) in [6.45, 7) is 11.5. The molecule has 0 bridgehead atoms. The molecule has 0 aliphatic carbocycles. The molecule has 0 fully saturated rings. The second-order valence-electron chi connectivity index (χ2n) is 5.48. The number of benzene rings is 1. The summed E-state index contributed by atoms with van der Waals surface area (Å²) in [4.78, 5) is 11.7. The zero-order valence-corrected chi connectivity index (χ0v) is 13.4. The molecule has 1 aromatic rings. The van der Waals surface area contributed by atoms with Gasteiger partial charge in [-0.25, -0.2) is 4.79 Å². The van der Waals surface area contributed by atoms with Gasteiger partial charge in [-0.05, 0) is 47.2 Å². The van der Waals surface area contributed by atoms with Crippen LogP contribution in [0.4, 0.5) is 0 Å². The Morgan fingerprint density at radius 3 is 2.17 bits per heavy atom. The van der Waals surface area contributed by atoms with Crippen molar-refractivity contribution in [2.45, 2.75) is 33.8 Å². The Morgan fingerprint density at radius 1 is 1.28 bits per heavy atom. The van der Waals surface area contributed by atoms with Crippen molar-refractivity contribution in [3.8, 4) is 0 Å². The third-order valence-electron chi connectivity index (χ3n) is 2.53. The molecule has 1 aromatic carbocycles. The Labute approximate surface area is 123 Å². The highest BCUT2D eigenvalue weighted by Crippen LogP contribution is 2.36. The van der Waals surface area contributed by atoms with E-state index in [0.29, 0.717) is 5.57 Å². The van der Waals surface area contributed by atoms with E-state index in [0.717, 1.165) is 9.13 Å². The average Bonchev–Trinajstić information content (AvgIpc) is 2.25. The van der Waals surface area contributed by atoms with Gasteiger partial charge in [-0.15, -0.1) is 0 Å². The number of halogens is 1. The van der Waals surface area contributed by atoms with Gasteiger partial charge in [0.1, 0.15) is 6.10 Å². The summed E-state index contributed by atoms with van der Waals surface area (Å²) < 4.78 is 6.72. The highest BCUT2D eigenvalue weighted by Gasteiger charge is 2.30. The summed E-state index contributed by atoms with van der Waals surface area (Å²) >= 11 is 2.26. The number of carbonyl (C=O) groups is 1. The highest BCUT2D eigenvalue weighted by atomic mass is 127. The fourth-order valence-corrected chi connectivity index (χ4v) is 1.95. The van der Waals surface area contributed by atoms with E-state index in [1.165, 1.54) is 0 Å². The van der Waals surface area contributed by atoms with Crippen molar-refractivity contribution in [1.82, 2.24) is 0 Å². The second kappa shape index (κ2) is 5.87. The van der Waals surface area contributed by atoms with Crippen LogP contribution in [0.15, 0.2) is 36.4 Å². The van der Waals surface area contributed by atoms with Crippen molar-refractivity contribution in [3.05, 3.63) is 45.6 Å². The molecule has 98 valence electrons. The monoisotopic (exact) mass is 358 g/mol. The van der Waals surface area contributed by atoms with Gasteiger partial charge in [0, 0.05) is 14.6 Å². The first-order valence-corrected chi connectivity index (χ1v) is 6.91. The molecular weight excluding hydrogens is 339 g/mol. The maximum atomic E-state index is 11.7. The van der Waals surface area contributed by atoms with Gasteiger partial charge in [-0.2, -0.15) is 0 Å². The zero-order valence-electron chi connectivity index (χ0n) is 11.3. The molecule has 0 aliphatic heterocycles. The molecule has 0 N–H and O–H groups in total. The van der Waals surface area contributed by atoms with Crippen LogP contribution in [0.3, 0.4) is 0 Å². The van der Waals surface area contributed by atoms with Crippen LogP contribution in [0.2, 0.25) is 0 Å². The van der Waals surface area contributed by atoms with Gasteiger partial charge >= 0.3 is 5.97 Å². The van der Waals surface area contributed by atoms with Crippen LogP contribution >= 0.6 is 22.6 Å². The lowest BCUT2D eigenvalue weighted by Crippen LogP contribution is -2.24. The first-order valence-electron chi connectivity index (χ1n) is 5.84. The van der Waals surface area contributed by atoms with Gasteiger partial charge in [-0.3, -0.25) is 0 Å². The van der Waals surface area contributed by atoms with Crippen molar-refractivity contribution in [2.75, 3.05) is 0 Å². The van der Waals surface area contributed by atoms with E-state index in [1.807, 2.05) is 24.3 Å². The molecule has 0 heterocycles. The predicted molar refractivity (Wildman–Crippen MR) is 82.3 cm³/mol. The van der Waals surface area contributed by atoms with Crippen LogP contribution in [-0.2, 0) is 9.53 Å². The summed E-state index contributed by atoms with van der Waals surface area (Å²) in [6, 6.07) is 8.04.